The number of hydrogen-bond acceptors (Lipinski definition) is 4. The van der Waals surface area contributed by atoms with E-state index in [0.717, 1.165) is 28.4 Å². The van der Waals surface area contributed by atoms with E-state index in [9.17, 15) is 9.59 Å². The third kappa shape index (κ3) is 2.53. The van der Waals surface area contributed by atoms with Gasteiger partial charge >= 0.3 is 0 Å². The Morgan fingerprint density at radius 1 is 1.39 bits per heavy atom. The first-order valence-corrected chi connectivity index (χ1v) is 8.66. The Hall–Kier alpha value is -2.21. The molecule has 1 fully saturated rings. The second-order valence-corrected chi connectivity index (χ2v) is 7.06. The Morgan fingerprint density at radius 3 is 2.96 bits per heavy atom. The van der Waals surface area contributed by atoms with Gasteiger partial charge in [0.15, 0.2) is 0 Å². The molecule has 0 aliphatic carbocycles. The Bertz CT molecular complexity index is 799. The molecular weight excluding hydrogens is 310 g/mol. The fourth-order valence-electron chi connectivity index (χ4n) is 3.27. The molecule has 2 aliphatic heterocycles. The molecule has 118 valence electrons. The topological polar surface area (TPSA) is 62.3 Å². The number of anilines is 1. The lowest BCUT2D eigenvalue weighted by Gasteiger charge is -2.21. The van der Waals surface area contributed by atoms with Crippen LogP contribution < -0.4 is 10.2 Å². The van der Waals surface area contributed by atoms with Crippen molar-refractivity contribution in [3.8, 4) is 11.3 Å². The number of benzene rings is 1. The van der Waals surface area contributed by atoms with E-state index in [-0.39, 0.29) is 17.9 Å². The molecule has 0 saturated carbocycles. The van der Waals surface area contributed by atoms with E-state index in [0.29, 0.717) is 19.4 Å². The van der Waals surface area contributed by atoms with Crippen LogP contribution >= 0.6 is 11.3 Å². The Balaban J connectivity index is 1.60. The lowest BCUT2D eigenvalue weighted by atomic mass is 10.1. The molecule has 0 bridgehead atoms. The summed E-state index contributed by atoms with van der Waals surface area (Å²) in [4.78, 5) is 30.3. The van der Waals surface area contributed by atoms with Gasteiger partial charge in [-0.1, -0.05) is 6.07 Å². The van der Waals surface area contributed by atoms with Gasteiger partial charge in [0.2, 0.25) is 11.8 Å². The molecule has 0 spiro atoms. The third-order valence-electron chi connectivity index (χ3n) is 4.45. The zero-order valence-electron chi connectivity index (χ0n) is 12.8. The monoisotopic (exact) mass is 327 g/mol. The van der Waals surface area contributed by atoms with Crippen molar-refractivity contribution in [2.45, 2.75) is 32.2 Å². The van der Waals surface area contributed by atoms with Crippen molar-refractivity contribution < 1.29 is 9.59 Å². The fraction of sp³-hybridized carbons (Fsp3) is 0.353. The summed E-state index contributed by atoms with van der Waals surface area (Å²) in [6.07, 6.45) is 1.89. The SMILES string of the molecule is Cc1nc(-c2ccc3c(c2)CCN3C(=O)C2CCC(=O)N2)cs1. The lowest BCUT2D eigenvalue weighted by molar-refractivity contribution is -0.124. The van der Waals surface area contributed by atoms with Gasteiger partial charge < -0.3 is 10.2 Å². The third-order valence-corrected chi connectivity index (χ3v) is 5.22. The van der Waals surface area contributed by atoms with Crippen molar-refractivity contribution in [3.05, 3.63) is 34.2 Å². The average Bonchev–Trinajstić information content (AvgIpc) is 3.25. The van der Waals surface area contributed by atoms with E-state index >= 15 is 0 Å². The molecule has 1 N–H and O–H groups in total. The minimum absolute atomic E-state index is 0.00635. The Labute approximate surface area is 138 Å². The van der Waals surface area contributed by atoms with E-state index in [4.69, 9.17) is 0 Å². The number of aryl methyl sites for hydroxylation is 1. The summed E-state index contributed by atoms with van der Waals surface area (Å²) in [5.41, 5.74) is 4.22. The molecular formula is C17H17N3O2S. The highest BCUT2D eigenvalue weighted by atomic mass is 32.1. The van der Waals surface area contributed by atoms with E-state index in [1.54, 1.807) is 11.3 Å². The first kappa shape index (κ1) is 14.4. The van der Waals surface area contributed by atoms with Gasteiger partial charge in [0.05, 0.1) is 10.7 Å². The molecule has 3 heterocycles. The summed E-state index contributed by atoms with van der Waals surface area (Å²) < 4.78 is 0. The number of aromatic nitrogens is 1. The highest BCUT2D eigenvalue weighted by Crippen LogP contribution is 2.33. The van der Waals surface area contributed by atoms with E-state index in [1.165, 1.54) is 5.56 Å². The molecule has 1 aromatic carbocycles. The molecule has 4 rings (SSSR count). The van der Waals surface area contributed by atoms with Crippen molar-refractivity contribution in [3.63, 3.8) is 0 Å². The molecule has 2 aromatic rings. The van der Waals surface area contributed by atoms with Gasteiger partial charge in [0.25, 0.3) is 0 Å². The summed E-state index contributed by atoms with van der Waals surface area (Å²) in [7, 11) is 0. The Morgan fingerprint density at radius 2 is 2.26 bits per heavy atom. The molecule has 1 saturated heterocycles. The number of carbonyl (C=O) groups is 2. The van der Waals surface area contributed by atoms with Gasteiger partial charge in [-0.2, -0.15) is 0 Å². The van der Waals surface area contributed by atoms with Crippen molar-refractivity contribution in [2.24, 2.45) is 0 Å². The molecule has 0 radical (unpaired) electrons. The van der Waals surface area contributed by atoms with Crippen LogP contribution in [0.5, 0.6) is 0 Å². The summed E-state index contributed by atoms with van der Waals surface area (Å²) in [5.74, 6) is -0.0242. The van der Waals surface area contributed by atoms with Gasteiger partial charge in [-0.25, -0.2) is 4.98 Å². The first-order valence-electron chi connectivity index (χ1n) is 7.78. The van der Waals surface area contributed by atoms with Crippen LogP contribution in [0.2, 0.25) is 0 Å². The molecule has 23 heavy (non-hydrogen) atoms. The highest BCUT2D eigenvalue weighted by Gasteiger charge is 2.34. The minimum Gasteiger partial charge on any atom is -0.344 e. The number of rotatable bonds is 2. The van der Waals surface area contributed by atoms with Crippen molar-refractivity contribution in [1.29, 1.82) is 0 Å². The predicted molar refractivity (Wildman–Crippen MR) is 89.5 cm³/mol. The minimum atomic E-state index is -0.366. The van der Waals surface area contributed by atoms with Crippen LogP contribution in [0.4, 0.5) is 5.69 Å². The number of carbonyl (C=O) groups excluding carboxylic acids is 2. The maximum Gasteiger partial charge on any atom is 0.249 e. The normalized spacial score (nSPS) is 19.8. The maximum absolute atomic E-state index is 12.6. The standard InChI is InChI=1S/C17H17N3O2S/c1-10-18-14(9-23-10)11-2-4-15-12(8-11)6-7-20(15)17(22)13-3-5-16(21)19-13/h2,4,8-9,13H,3,5-7H2,1H3,(H,19,21). The van der Waals surface area contributed by atoms with Crippen LogP contribution in [0.25, 0.3) is 11.3 Å². The zero-order chi connectivity index (χ0) is 16.0. The summed E-state index contributed by atoms with van der Waals surface area (Å²) in [6, 6.07) is 5.78. The fourth-order valence-corrected chi connectivity index (χ4v) is 3.90. The van der Waals surface area contributed by atoms with Gasteiger partial charge in [-0.05, 0) is 37.5 Å². The summed E-state index contributed by atoms with van der Waals surface area (Å²) in [5, 5.41) is 5.87. The van der Waals surface area contributed by atoms with Crippen molar-refractivity contribution in [2.75, 3.05) is 11.4 Å². The number of amides is 2. The largest absolute Gasteiger partial charge is 0.344 e. The number of nitrogens with zero attached hydrogens (tertiary/aromatic N) is 2. The number of thiazole rings is 1. The van der Waals surface area contributed by atoms with E-state index in [2.05, 4.69) is 21.7 Å². The lowest BCUT2D eigenvalue weighted by Crippen LogP contribution is -2.43. The molecule has 6 heteroatoms. The smallest absolute Gasteiger partial charge is 0.249 e. The Kier molecular flexibility index (Phi) is 3.41. The summed E-state index contributed by atoms with van der Waals surface area (Å²) >= 11 is 1.64. The first-order chi connectivity index (χ1) is 11.1. The second kappa shape index (κ2) is 5.45. The van der Waals surface area contributed by atoms with Gasteiger partial charge in [-0.3, -0.25) is 9.59 Å². The molecule has 1 aromatic heterocycles. The quantitative estimate of drug-likeness (QED) is 0.920. The average molecular weight is 327 g/mol. The van der Waals surface area contributed by atoms with Crippen molar-refractivity contribution >= 4 is 28.8 Å². The van der Waals surface area contributed by atoms with Crippen LogP contribution in [0.15, 0.2) is 23.6 Å². The number of fused-ring (bicyclic) bond motifs is 1. The van der Waals surface area contributed by atoms with Crippen LogP contribution in [0, 0.1) is 6.92 Å². The van der Waals surface area contributed by atoms with Gasteiger partial charge in [0.1, 0.15) is 6.04 Å². The van der Waals surface area contributed by atoms with Gasteiger partial charge in [-0.15, -0.1) is 11.3 Å². The second-order valence-electron chi connectivity index (χ2n) is 5.99. The van der Waals surface area contributed by atoms with E-state index in [1.807, 2.05) is 24.0 Å². The predicted octanol–water partition coefficient (Wildman–Crippen LogP) is 2.29. The highest BCUT2D eigenvalue weighted by molar-refractivity contribution is 7.09. The maximum atomic E-state index is 12.6. The molecule has 5 nitrogen and oxygen atoms in total. The molecule has 1 atom stereocenters. The summed E-state index contributed by atoms with van der Waals surface area (Å²) in [6.45, 7) is 2.68. The molecule has 2 amide bonds. The molecule has 2 aliphatic rings. The van der Waals surface area contributed by atoms with Crippen LogP contribution in [-0.4, -0.2) is 29.4 Å². The molecule has 1 unspecified atom stereocenters. The van der Waals surface area contributed by atoms with Crippen LogP contribution in [-0.2, 0) is 16.0 Å². The van der Waals surface area contributed by atoms with Crippen LogP contribution in [0.3, 0.4) is 0 Å². The number of nitrogens with one attached hydrogen (secondary N) is 1. The van der Waals surface area contributed by atoms with Crippen LogP contribution in [0.1, 0.15) is 23.4 Å². The van der Waals surface area contributed by atoms with Gasteiger partial charge in [0, 0.05) is 29.6 Å². The van der Waals surface area contributed by atoms with Crippen molar-refractivity contribution in [1.82, 2.24) is 10.3 Å². The zero-order valence-corrected chi connectivity index (χ0v) is 13.7. The van der Waals surface area contributed by atoms with E-state index < -0.39 is 0 Å². The number of hydrogen-bond donors (Lipinski definition) is 1.